The molecule has 1 unspecified atom stereocenters. The van der Waals surface area contributed by atoms with Gasteiger partial charge in [-0.1, -0.05) is 6.07 Å². The molecule has 0 aromatic carbocycles. The molecule has 25 heavy (non-hydrogen) atoms. The lowest BCUT2D eigenvalue weighted by atomic mass is 9.93. The average molecular weight is 336 g/mol. The van der Waals surface area contributed by atoms with Crippen LogP contribution in [0.4, 0.5) is 0 Å². The zero-order valence-corrected chi connectivity index (χ0v) is 14.3. The highest BCUT2D eigenvalue weighted by Gasteiger charge is 2.26. The van der Waals surface area contributed by atoms with E-state index in [4.69, 9.17) is 0 Å². The van der Waals surface area contributed by atoms with Crippen LogP contribution in [0.3, 0.4) is 0 Å². The maximum Gasteiger partial charge on any atom is 0.255 e. The fraction of sp³-hybridized carbons (Fsp3) is 0.333. The molecule has 7 heteroatoms. The molecular formula is C18H20N6O. The Balaban J connectivity index is 1.58. The second kappa shape index (κ2) is 6.16. The number of pyridine rings is 1. The summed E-state index contributed by atoms with van der Waals surface area (Å²) in [5.41, 5.74) is 3.68. The van der Waals surface area contributed by atoms with Crippen molar-refractivity contribution in [3.05, 3.63) is 59.3 Å². The van der Waals surface area contributed by atoms with Gasteiger partial charge in [-0.3, -0.25) is 9.48 Å². The Morgan fingerprint density at radius 3 is 2.96 bits per heavy atom. The Kier molecular flexibility index (Phi) is 3.83. The van der Waals surface area contributed by atoms with Gasteiger partial charge >= 0.3 is 0 Å². The number of carbonyl (C=O) groups is 1. The normalized spacial score (nSPS) is 16.5. The van der Waals surface area contributed by atoms with E-state index >= 15 is 0 Å². The highest BCUT2D eigenvalue weighted by atomic mass is 16.1. The Bertz CT molecular complexity index is 911. The average Bonchev–Trinajstić information content (AvgIpc) is 3.20. The number of hydrogen-bond acceptors (Lipinski definition) is 4. The SMILES string of the molecule is Cc1c(C(=O)NC2CCCc3c2cnn3C)cnn1-c1ccccn1. The standard InChI is InChI=1S/C18H20N6O/c1-12-13(10-21-24(12)17-8-3-4-9-19-17)18(25)22-15-6-5-7-16-14(15)11-20-23(16)2/h3-4,8-11,15H,5-7H2,1-2H3,(H,22,25). The maximum atomic E-state index is 12.8. The molecule has 128 valence electrons. The van der Waals surface area contributed by atoms with Gasteiger partial charge in [0.2, 0.25) is 0 Å². The van der Waals surface area contributed by atoms with Crippen molar-refractivity contribution in [2.45, 2.75) is 32.2 Å². The largest absolute Gasteiger partial charge is 0.345 e. The summed E-state index contributed by atoms with van der Waals surface area (Å²) in [4.78, 5) is 17.1. The molecule has 1 atom stereocenters. The Morgan fingerprint density at radius 2 is 2.16 bits per heavy atom. The van der Waals surface area contributed by atoms with E-state index in [9.17, 15) is 4.79 Å². The number of nitrogens with one attached hydrogen (secondary N) is 1. The molecule has 3 aromatic rings. The summed E-state index contributed by atoms with van der Waals surface area (Å²) >= 11 is 0. The third kappa shape index (κ3) is 2.71. The van der Waals surface area contributed by atoms with Crippen molar-refractivity contribution in [3.63, 3.8) is 0 Å². The molecule has 1 N–H and O–H groups in total. The molecule has 0 bridgehead atoms. The van der Waals surface area contributed by atoms with Gasteiger partial charge in [0.05, 0.1) is 29.7 Å². The number of nitrogens with zero attached hydrogens (tertiary/aromatic N) is 5. The van der Waals surface area contributed by atoms with Crippen LogP contribution in [0.5, 0.6) is 0 Å². The molecule has 4 rings (SSSR count). The van der Waals surface area contributed by atoms with Crippen LogP contribution in [0, 0.1) is 6.92 Å². The van der Waals surface area contributed by atoms with E-state index < -0.39 is 0 Å². The first-order valence-electron chi connectivity index (χ1n) is 8.43. The first kappa shape index (κ1) is 15.6. The van der Waals surface area contributed by atoms with Gasteiger partial charge in [-0.15, -0.1) is 0 Å². The van der Waals surface area contributed by atoms with E-state index in [-0.39, 0.29) is 11.9 Å². The third-order valence-electron chi connectivity index (χ3n) is 4.80. The van der Waals surface area contributed by atoms with Crippen molar-refractivity contribution in [1.29, 1.82) is 0 Å². The summed E-state index contributed by atoms with van der Waals surface area (Å²) in [5.74, 6) is 0.590. The Morgan fingerprint density at radius 1 is 1.28 bits per heavy atom. The van der Waals surface area contributed by atoms with E-state index in [0.717, 1.165) is 30.5 Å². The number of fused-ring (bicyclic) bond motifs is 1. The fourth-order valence-electron chi connectivity index (χ4n) is 3.43. The topological polar surface area (TPSA) is 77.6 Å². The van der Waals surface area contributed by atoms with Crippen molar-refractivity contribution in [1.82, 2.24) is 29.9 Å². The summed E-state index contributed by atoms with van der Waals surface area (Å²) in [7, 11) is 1.95. The first-order chi connectivity index (χ1) is 12.1. The molecule has 0 spiro atoms. The van der Waals surface area contributed by atoms with Crippen LogP contribution >= 0.6 is 0 Å². The minimum absolute atomic E-state index is 0.00236. The van der Waals surface area contributed by atoms with E-state index in [1.165, 1.54) is 5.69 Å². The van der Waals surface area contributed by atoms with E-state index in [1.807, 2.05) is 43.0 Å². The number of amides is 1. The number of aromatic nitrogens is 5. The summed E-state index contributed by atoms with van der Waals surface area (Å²) in [6.07, 6.45) is 8.16. The lowest BCUT2D eigenvalue weighted by Crippen LogP contribution is -2.31. The van der Waals surface area contributed by atoms with Crippen LogP contribution in [-0.4, -0.2) is 30.5 Å². The number of aryl methyl sites for hydroxylation is 1. The number of hydrogen-bond donors (Lipinski definition) is 1. The zero-order chi connectivity index (χ0) is 17.4. The van der Waals surface area contributed by atoms with Crippen molar-refractivity contribution >= 4 is 5.91 Å². The predicted molar refractivity (Wildman–Crippen MR) is 92.4 cm³/mol. The quantitative estimate of drug-likeness (QED) is 0.795. The zero-order valence-electron chi connectivity index (χ0n) is 14.3. The summed E-state index contributed by atoms with van der Waals surface area (Å²) < 4.78 is 3.59. The third-order valence-corrected chi connectivity index (χ3v) is 4.80. The molecule has 3 aromatic heterocycles. The van der Waals surface area contributed by atoms with Crippen molar-refractivity contribution in [2.75, 3.05) is 0 Å². The van der Waals surface area contributed by atoms with Gasteiger partial charge in [-0.25, -0.2) is 9.67 Å². The van der Waals surface area contributed by atoms with Crippen LogP contribution in [0.15, 0.2) is 36.8 Å². The predicted octanol–water partition coefficient (Wildman–Crippen LogP) is 2.12. The molecule has 0 radical (unpaired) electrons. The number of rotatable bonds is 3. The minimum atomic E-state index is -0.110. The van der Waals surface area contributed by atoms with E-state index in [0.29, 0.717) is 11.4 Å². The van der Waals surface area contributed by atoms with Gasteiger partial charge in [-0.2, -0.15) is 10.2 Å². The van der Waals surface area contributed by atoms with Crippen LogP contribution in [0.25, 0.3) is 5.82 Å². The van der Waals surface area contributed by atoms with Crippen molar-refractivity contribution < 1.29 is 4.79 Å². The van der Waals surface area contributed by atoms with E-state index in [2.05, 4.69) is 20.5 Å². The highest BCUT2D eigenvalue weighted by Crippen LogP contribution is 2.29. The molecule has 7 nitrogen and oxygen atoms in total. The lowest BCUT2D eigenvalue weighted by molar-refractivity contribution is 0.0932. The van der Waals surface area contributed by atoms with Crippen molar-refractivity contribution in [3.8, 4) is 5.82 Å². The minimum Gasteiger partial charge on any atom is -0.345 e. The van der Waals surface area contributed by atoms with Crippen LogP contribution in [-0.2, 0) is 13.5 Å². The molecule has 1 aliphatic carbocycles. The highest BCUT2D eigenvalue weighted by molar-refractivity contribution is 5.95. The number of carbonyl (C=O) groups excluding carboxylic acids is 1. The second-order valence-electron chi connectivity index (χ2n) is 6.33. The molecular weight excluding hydrogens is 316 g/mol. The molecule has 0 fully saturated rings. The van der Waals surface area contributed by atoms with Gasteiger partial charge in [0.15, 0.2) is 5.82 Å². The smallest absolute Gasteiger partial charge is 0.255 e. The van der Waals surface area contributed by atoms with Gasteiger partial charge in [0, 0.05) is 24.5 Å². The first-order valence-corrected chi connectivity index (χ1v) is 8.43. The Labute approximate surface area is 145 Å². The molecule has 0 saturated heterocycles. The van der Waals surface area contributed by atoms with Crippen molar-refractivity contribution in [2.24, 2.45) is 7.05 Å². The van der Waals surface area contributed by atoms with Gasteiger partial charge in [-0.05, 0) is 38.3 Å². The monoisotopic (exact) mass is 336 g/mol. The van der Waals surface area contributed by atoms with Crippen LogP contribution in [0.1, 0.15) is 46.2 Å². The maximum absolute atomic E-state index is 12.8. The Hall–Kier alpha value is -2.96. The molecule has 1 amide bonds. The van der Waals surface area contributed by atoms with E-state index in [1.54, 1.807) is 17.1 Å². The molecule has 0 aliphatic heterocycles. The second-order valence-corrected chi connectivity index (χ2v) is 6.33. The van der Waals surface area contributed by atoms with Gasteiger partial charge in [0.1, 0.15) is 0 Å². The lowest BCUT2D eigenvalue weighted by Gasteiger charge is -2.23. The fourth-order valence-corrected chi connectivity index (χ4v) is 3.43. The summed E-state index contributed by atoms with van der Waals surface area (Å²) in [5, 5.41) is 11.8. The summed E-state index contributed by atoms with van der Waals surface area (Å²) in [6.45, 7) is 1.88. The molecule has 1 aliphatic rings. The van der Waals surface area contributed by atoms with Gasteiger partial charge in [0.25, 0.3) is 5.91 Å². The summed E-state index contributed by atoms with van der Waals surface area (Å²) in [6, 6.07) is 5.62. The van der Waals surface area contributed by atoms with Crippen LogP contribution in [0.2, 0.25) is 0 Å². The van der Waals surface area contributed by atoms with Gasteiger partial charge < -0.3 is 5.32 Å². The molecule has 3 heterocycles. The molecule has 0 saturated carbocycles. The van der Waals surface area contributed by atoms with Crippen LogP contribution < -0.4 is 5.32 Å².